The van der Waals surface area contributed by atoms with Crippen molar-refractivity contribution in [2.75, 3.05) is 0 Å². The van der Waals surface area contributed by atoms with Crippen molar-refractivity contribution in [3.8, 4) is 0 Å². The third-order valence-electron chi connectivity index (χ3n) is 0.893. The van der Waals surface area contributed by atoms with Crippen molar-refractivity contribution in [2.24, 2.45) is 0 Å². The van der Waals surface area contributed by atoms with Crippen LogP contribution in [0.4, 0.5) is 0 Å². The molecule has 0 aromatic carbocycles. The molecule has 0 spiro atoms. The van der Waals surface area contributed by atoms with Gasteiger partial charge in [0, 0.05) is 6.92 Å². The molecular formula is C6H5Cl5O2. The Morgan fingerprint density at radius 2 is 1.85 bits per heavy atom. The normalized spacial score (nSPS) is 13.4. The summed E-state index contributed by atoms with van der Waals surface area (Å²) in [5.41, 5.74) is 0. The lowest BCUT2D eigenvalue weighted by molar-refractivity contribution is -0.143. The second-order valence-corrected chi connectivity index (χ2v) is 5.40. The fourth-order valence-corrected chi connectivity index (χ4v) is 1.04. The predicted molar refractivity (Wildman–Crippen MR) is 55.6 cm³/mol. The summed E-state index contributed by atoms with van der Waals surface area (Å²) >= 11 is 27.1. The van der Waals surface area contributed by atoms with Gasteiger partial charge in [0.15, 0.2) is 6.10 Å². The monoisotopic (exact) mass is 284 g/mol. The van der Waals surface area contributed by atoms with Crippen LogP contribution < -0.4 is 0 Å². The van der Waals surface area contributed by atoms with Crippen LogP contribution in [-0.4, -0.2) is 15.9 Å². The number of carbonyl (C=O) groups excluding carboxylic acids is 1. The molecule has 0 aliphatic rings. The topological polar surface area (TPSA) is 26.3 Å². The number of esters is 1. The van der Waals surface area contributed by atoms with Crippen LogP contribution >= 0.6 is 58.0 Å². The third-order valence-corrected chi connectivity index (χ3v) is 1.79. The minimum atomic E-state index is -1.79. The van der Waals surface area contributed by atoms with Gasteiger partial charge in [-0.2, -0.15) is 0 Å². The van der Waals surface area contributed by atoms with Crippen LogP contribution in [0.25, 0.3) is 0 Å². The van der Waals surface area contributed by atoms with Crippen LogP contribution in [0.1, 0.15) is 6.92 Å². The van der Waals surface area contributed by atoms with Crippen molar-refractivity contribution in [2.45, 2.75) is 16.8 Å². The molecule has 0 saturated carbocycles. The molecule has 1 unspecified atom stereocenters. The largest absolute Gasteiger partial charge is 0.454 e. The van der Waals surface area contributed by atoms with E-state index in [2.05, 4.69) is 4.74 Å². The Kier molecular flexibility index (Phi) is 5.80. The summed E-state index contributed by atoms with van der Waals surface area (Å²) in [6.07, 6.45) is 0.0253. The van der Waals surface area contributed by atoms with Crippen molar-refractivity contribution in [1.29, 1.82) is 0 Å². The number of rotatable bonds is 2. The zero-order valence-electron chi connectivity index (χ0n) is 6.36. The number of ether oxygens (including phenoxy) is 1. The van der Waals surface area contributed by atoms with Gasteiger partial charge in [-0.1, -0.05) is 58.0 Å². The molecule has 0 aliphatic carbocycles. The standard InChI is InChI=1S/C6H5Cl5O2/c1-3(12)13-4(2-5(7)8)6(9,10)11/h2,4H,1H3. The van der Waals surface area contributed by atoms with Crippen LogP contribution in [0.15, 0.2) is 10.6 Å². The van der Waals surface area contributed by atoms with Crippen LogP contribution in [0.2, 0.25) is 0 Å². The van der Waals surface area contributed by atoms with Gasteiger partial charge in [0.1, 0.15) is 4.49 Å². The van der Waals surface area contributed by atoms with Crippen LogP contribution in [0.5, 0.6) is 0 Å². The van der Waals surface area contributed by atoms with Crippen molar-refractivity contribution >= 4 is 64.0 Å². The van der Waals surface area contributed by atoms with E-state index >= 15 is 0 Å². The maximum absolute atomic E-state index is 10.6. The number of halogens is 5. The maximum atomic E-state index is 10.6. The summed E-state index contributed by atoms with van der Waals surface area (Å²) in [6.45, 7) is 1.18. The van der Waals surface area contributed by atoms with Gasteiger partial charge in [-0.05, 0) is 6.08 Å². The van der Waals surface area contributed by atoms with Gasteiger partial charge >= 0.3 is 5.97 Å². The van der Waals surface area contributed by atoms with Crippen LogP contribution in [0.3, 0.4) is 0 Å². The van der Waals surface area contributed by atoms with Crippen molar-refractivity contribution in [1.82, 2.24) is 0 Å². The lowest BCUT2D eigenvalue weighted by Gasteiger charge is -2.20. The molecule has 0 heterocycles. The molecule has 0 aromatic heterocycles. The number of carbonyl (C=O) groups is 1. The quantitative estimate of drug-likeness (QED) is 0.572. The molecule has 0 amide bonds. The van der Waals surface area contributed by atoms with E-state index in [0.29, 0.717) is 0 Å². The Labute approximate surface area is 101 Å². The SMILES string of the molecule is CC(=O)OC(C=C(Cl)Cl)C(Cl)(Cl)Cl. The summed E-state index contributed by atoms with van der Waals surface area (Å²) < 4.78 is 2.71. The van der Waals surface area contributed by atoms with Crippen molar-refractivity contribution in [3.63, 3.8) is 0 Å². The van der Waals surface area contributed by atoms with Gasteiger partial charge in [0.2, 0.25) is 3.79 Å². The van der Waals surface area contributed by atoms with Crippen molar-refractivity contribution in [3.05, 3.63) is 10.6 Å². The molecule has 1 atom stereocenters. The zero-order chi connectivity index (χ0) is 10.6. The zero-order valence-corrected chi connectivity index (χ0v) is 10.1. The molecule has 2 nitrogen and oxygen atoms in total. The number of hydrogen-bond acceptors (Lipinski definition) is 2. The minimum absolute atomic E-state index is 0.141. The second kappa shape index (κ2) is 5.52. The van der Waals surface area contributed by atoms with Crippen LogP contribution in [-0.2, 0) is 9.53 Å². The lowest BCUT2D eigenvalue weighted by Crippen LogP contribution is -2.28. The van der Waals surface area contributed by atoms with Gasteiger partial charge in [-0.15, -0.1) is 0 Å². The Balaban J connectivity index is 4.57. The van der Waals surface area contributed by atoms with E-state index in [1.165, 1.54) is 6.92 Å². The number of alkyl halides is 3. The van der Waals surface area contributed by atoms with E-state index in [1.54, 1.807) is 0 Å². The fraction of sp³-hybridized carbons (Fsp3) is 0.500. The van der Waals surface area contributed by atoms with E-state index in [1.807, 2.05) is 0 Å². The molecule has 0 saturated heterocycles. The highest BCUT2D eigenvalue weighted by atomic mass is 35.6. The van der Waals surface area contributed by atoms with Gasteiger partial charge in [0.25, 0.3) is 0 Å². The fourth-order valence-electron chi connectivity index (χ4n) is 0.489. The van der Waals surface area contributed by atoms with Gasteiger partial charge in [0.05, 0.1) is 0 Å². The van der Waals surface area contributed by atoms with Gasteiger partial charge in [-0.3, -0.25) is 4.79 Å². The Hall–Kier alpha value is 0.660. The predicted octanol–water partition coefficient (Wildman–Crippen LogP) is 3.61. The molecule has 0 bridgehead atoms. The first-order valence-corrected chi connectivity index (χ1v) is 4.89. The Morgan fingerprint density at radius 3 is 2.08 bits per heavy atom. The first-order chi connectivity index (χ1) is 5.73. The summed E-state index contributed by atoms with van der Waals surface area (Å²) in [5.74, 6) is -0.595. The highest BCUT2D eigenvalue weighted by molar-refractivity contribution is 6.68. The molecule has 0 rings (SSSR count). The average Bonchev–Trinajstić information content (AvgIpc) is 1.81. The number of hydrogen-bond donors (Lipinski definition) is 0. The van der Waals surface area contributed by atoms with Crippen molar-refractivity contribution < 1.29 is 9.53 Å². The summed E-state index contributed by atoms with van der Waals surface area (Å²) in [6, 6.07) is 0. The first-order valence-electron chi connectivity index (χ1n) is 3.00. The molecule has 7 heteroatoms. The highest BCUT2D eigenvalue weighted by Gasteiger charge is 2.33. The molecule has 0 fully saturated rings. The molecule has 0 aliphatic heterocycles. The maximum Gasteiger partial charge on any atom is 0.303 e. The van der Waals surface area contributed by atoms with E-state index < -0.39 is 15.9 Å². The molecular weight excluding hydrogens is 281 g/mol. The Bertz CT molecular complexity index is 216. The van der Waals surface area contributed by atoms with E-state index in [9.17, 15) is 4.79 Å². The van der Waals surface area contributed by atoms with Crippen LogP contribution in [0, 0.1) is 0 Å². The highest BCUT2D eigenvalue weighted by Crippen LogP contribution is 2.34. The summed E-state index contributed by atoms with van der Waals surface area (Å²) in [4.78, 5) is 10.6. The van der Waals surface area contributed by atoms with E-state index in [4.69, 9.17) is 58.0 Å². The minimum Gasteiger partial charge on any atom is -0.454 e. The second-order valence-electron chi connectivity index (χ2n) is 2.03. The summed E-state index contributed by atoms with van der Waals surface area (Å²) in [7, 11) is 0. The van der Waals surface area contributed by atoms with Gasteiger partial charge in [-0.25, -0.2) is 0 Å². The average molecular weight is 286 g/mol. The smallest absolute Gasteiger partial charge is 0.303 e. The van der Waals surface area contributed by atoms with E-state index in [-0.39, 0.29) is 4.49 Å². The van der Waals surface area contributed by atoms with E-state index in [0.717, 1.165) is 6.08 Å². The molecule has 76 valence electrons. The summed E-state index contributed by atoms with van der Waals surface area (Å²) in [5, 5.41) is 0. The molecule has 13 heavy (non-hydrogen) atoms. The first kappa shape index (κ1) is 13.7. The lowest BCUT2D eigenvalue weighted by atomic mass is 10.4. The molecule has 0 N–H and O–H groups in total. The Morgan fingerprint density at radius 1 is 1.38 bits per heavy atom. The molecule has 0 aromatic rings. The molecule has 0 radical (unpaired) electrons. The third kappa shape index (κ3) is 6.69. The van der Waals surface area contributed by atoms with Gasteiger partial charge < -0.3 is 4.74 Å².